The van der Waals surface area contributed by atoms with Crippen LogP contribution in [0, 0.1) is 6.92 Å². The number of amides is 1. The van der Waals surface area contributed by atoms with Gasteiger partial charge < -0.3 is 9.84 Å². The van der Waals surface area contributed by atoms with E-state index in [0.717, 1.165) is 11.1 Å². The number of aromatic nitrogens is 1. The minimum atomic E-state index is -3.74. The van der Waals surface area contributed by atoms with Crippen molar-refractivity contribution in [2.24, 2.45) is 5.14 Å². The summed E-state index contributed by atoms with van der Waals surface area (Å²) in [6, 6.07) is 16.4. The molecule has 0 aliphatic rings. The van der Waals surface area contributed by atoms with Crippen molar-refractivity contribution >= 4 is 21.7 Å². The highest BCUT2D eigenvalue weighted by Gasteiger charge is 2.21. The van der Waals surface area contributed by atoms with E-state index in [4.69, 9.17) is 9.66 Å². The normalized spacial score (nSPS) is 12.5. The number of hydrogen-bond donors (Lipinski definition) is 3. The van der Waals surface area contributed by atoms with Crippen molar-refractivity contribution in [2.45, 2.75) is 24.4 Å². The molecule has 0 aliphatic heterocycles. The van der Waals surface area contributed by atoms with Crippen LogP contribution in [0.5, 0.6) is 0 Å². The van der Waals surface area contributed by atoms with Crippen molar-refractivity contribution in [1.82, 2.24) is 10.5 Å². The summed E-state index contributed by atoms with van der Waals surface area (Å²) in [6.07, 6.45) is 0. The number of nitrogens with zero attached hydrogens (tertiary/aromatic N) is 1. The van der Waals surface area contributed by atoms with E-state index in [1.165, 1.54) is 12.1 Å². The minimum Gasteiger partial charge on any atom is -0.360 e. The molecule has 1 atom stereocenters. The zero-order valence-electron chi connectivity index (χ0n) is 15.1. The maximum atomic E-state index is 12.8. The summed E-state index contributed by atoms with van der Waals surface area (Å²) >= 11 is 0. The summed E-state index contributed by atoms with van der Waals surface area (Å²) in [7, 11) is -3.74. The Morgan fingerprint density at radius 3 is 2.39 bits per heavy atom. The first-order valence-electron chi connectivity index (χ1n) is 8.47. The lowest BCUT2D eigenvalue weighted by Gasteiger charge is -2.18. The molecule has 8 nitrogen and oxygen atoms in total. The van der Waals surface area contributed by atoms with Gasteiger partial charge in [0.05, 0.1) is 4.90 Å². The van der Waals surface area contributed by atoms with Crippen molar-refractivity contribution in [3.63, 3.8) is 0 Å². The average Bonchev–Trinajstić information content (AvgIpc) is 3.07. The van der Waals surface area contributed by atoms with E-state index in [1.54, 1.807) is 25.1 Å². The molecule has 0 fully saturated rings. The van der Waals surface area contributed by atoms with E-state index in [9.17, 15) is 13.2 Å². The van der Waals surface area contributed by atoms with Crippen LogP contribution in [0.1, 0.15) is 22.9 Å². The number of nitrogens with two attached hydrogens (primary N) is 1. The van der Waals surface area contributed by atoms with E-state index in [2.05, 4.69) is 15.8 Å². The van der Waals surface area contributed by atoms with Crippen molar-refractivity contribution < 1.29 is 17.7 Å². The first kappa shape index (κ1) is 19.7. The topological polar surface area (TPSA) is 127 Å². The Bertz CT molecular complexity index is 1050. The monoisotopic (exact) mass is 400 g/mol. The lowest BCUT2D eigenvalue weighted by molar-refractivity contribution is -0.118. The number of rotatable bonds is 7. The van der Waals surface area contributed by atoms with E-state index in [-0.39, 0.29) is 10.8 Å². The first-order valence-corrected chi connectivity index (χ1v) is 10.0. The van der Waals surface area contributed by atoms with E-state index in [0.29, 0.717) is 18.1 Å². The maximum absolute atomic E-state index is 12.8. The third kappa shape index (κ3) is 5.03. The highest BCUT2D eigenvalue weighted by Crippen LogP contribution is 2.17. The predicted molar refractivity (Wildman–Crippen MR) is 104 cm³/mol. The summed E-state index contributed by atoms with van der Waals surface area (Å²) < 4.78 is 27.7. The SMILES string of the molecule is Cc1cc(NC(=O)C(NCc2ccc(S(N)(=O)=O)cc2)c2ccccc2)no1. The van der Waals surface area contributed by atoms with Gasteiger partial charge in [-0.05, 0) is 30.2 Å². The van der Waals surface area contributed by atoms with Crippen LogP contribution in [-0.2, 0) is 21.4 Å². The number of benzene rings is 2. The van der Waals surface area contributed by atoms with Crippen LogP contribution in [0.2, 0.25) is 0 Å². The third-order valence-corrected chi connectivity index (χ3v) is 4.97. The van der Waals surface area contributed by atoms with Gasteiger partial charge in [-0.3, -0.25) is 10.1 Å². The number of hydrogen-bond acceptors (Lipinski definition) is 6. The van der Waals surface area contributed by atoms with E-state index < -0.39 is 16.1 Å². The number of anilines is 1. The molecule has 28 heavy (non-hydrogen) atoms. The fourth-order valence-electron chi connectivity index (χ4n) is 2.65. The molecule has 3 rings (SSSR count). The number of nitrogens with one attached hydrogen (secondary N) is 2. The zero-order valence-corrected chi connectivity index (χ0v) is 15.9. The lowest BCUT2D eigenvalue weighted by Crippen LogP contribution is -2.32. The molecule has 1 aromatic heterocycles. The molecule has 0 bridgehead atoms. The van der Waals surface area contributed by atoms with Gasteiger partial charge in [0.2, 0.25) is 15.9 Å². The Morgan fingerprint density at radius 1 is 1.14 bits per heavy atom. The van der Waals surface area contributed by atoms with Crippen LogP contribution in [0.25, 0.3) is 0 Å². The van der Waals surface area contributed by atoms with Crippen LogP contribution < -0.4 is 15.8 Å². The molecule has 0 saturated heterocycles. The van der Waals surface area contributed by atoms with Gasteiger partial charge >= 0.3 is 0 Å². The van der Waals surface area contributed by atoms with Gasteiger partial charge in [0.25, 0.3) is 0 Å². The number of aryl methyl sites for hydroxylation is 1. The van der Waals surface area contributed by atoms with Crippen molar-refractivity contribution in [2.75, 3.05) is 5.32 Å². The summed E-state index contributed by atoms with van der Waals surface area (Å²) in [6.45, 7) is 2.08. The van der Waals surface area contributed by atoms with Gasteiger partial charge in [-0.2, -0.15) is 0 Å². The highest BCUT2D eigenvalue weighted by molar-refractivity contribution is 7.89. The quantitative estimate of drug-likeness (QED) is 0.557. The third-order valence-electron chi connectivity index (χ3n) is 4.04. The Labute approximate surface area is 162 Å². The van der Waals surface area contributed by atoms with Gasteiger partial charge in [-0.1, -0.05) is 47.6 Å². The molecule has 3 aromatic rings. The van der Waals surface area contributed by atoms with Crippen molar-refractivity contribution in [3.05, 3.63) is 77.6 Å². The van der Waals surface area contributed by atoms with Gasteiger partial charge in [-0.15, -0.1) is 0 Å². The molecular formula is C19H20N4O4S. The van der Waals surface area contributed by atoms with E-state index >= 15 is 0 Å². The number of primary sulfonamides is 1. The average molecular weight is 400 g/mol. The summed E-state index contributed by atoms with van der Waals surface area (Å²) in [4.78, 5) is 12.8. The second-order valence-electron chi connectivity index (χ2n) is 6.23. The standard InChI is InChI=1S/C19H20N4O4S/c1-13-11-17(23-27-13)22-19(24)18(15-5-3-2-4-6-15)21-12-14-7-9-16(10-8-14)28(20,25)26/h2-11,18,21H,12H2,1H3,(H2,20,25,26)(H,22,23,24). The zero-order chi connectivity index (χ0) is 20.1. The molecule has 1 amide bonds. The summed E-state index contributed by atoms with van der Waals surface area (Å²) in [5.41, 5.74) is 1.58. The molecule has 4 N–H and O–H groups in total. The van der Waals surface area contributed by atoms with Crippen LogP contribution in [0.3, 0.4) is 0 Å². The molecule has 0 spiro atoms. The molecule has 1 heterocycles. The Balaban J connectivity index is 1.75. The molecule has 1 unspecified atom stereocenters. The molecule has 0 radical (unpaired) electrons. The highest BCUT2D eigenvalue weighted by atomic mass is 32.2. The molecule has 2 aromatic carbocycles. The fourth-order valence-corrected chi connectivity index (χ4v) is 3.16. The predicted octanol–water partition coefficient (Wildman–Crippen LogP) is 2.10. The molecule has 0 saturated carbocycles. The number of carbonyl (C=O) groups excluding carboxylic acids is 1. The van der Waals surface area contributed by atoms with Crippen LogP contribution >= 0.6 is 0 Å². The molecule has 9 heteroatoms. The number of sulfonamides is 1. The summed E-state index contributed by atoms with van der Waals surface area (Å²) in [5.74, 6) is 0.637. The minimum absolute atomic E-state index is 0.0370. The first-order chi connectivity index (χ1) is 13.3. The largest absolute Gasteiger partial charge is 0.360 e. The maximum Gasteiger partial charge on any atom is 0.247 e. The van der Waals surface area contributed by atoms with Crippen molar-refractivity contribution in [3.8, 4) is 0 Å². The van der Waals surface area contributed by atoms with Gasteiger partial charge in [0, 0.05) is 12.6 Å². The van der Waals surface area contributed by atoms with Crippen LogP contribution in [0.4, 0.5) is 5.82 Å². The second-order valence-corrected chi connectivity index (χ2v) is 7.79. The molecule has 0 aliphatic carbocycles. The number of carbonyl (C=O) groups is 1. The molecular weight excluding hydrogens is 380 g/mol. The second kappa shape index (κ2) is 8.34. The van der Waals surface area contributed by atoms with E-state index in [1.807, 2.05) is 30.3 Å². The van der Waals surface area contributed by atoms with Gasteiger partial charge in [0.15, 0.2) is 5.82 Å². The summed E-state index contributed by atoms with van der Waals surface area (Å²) in [5, 5.41) is 14.8. The fraction of sp³-hybridized carbons (Fsp3) is 0.158. The Hall–Kier alpha value is -3.01. The van der Waals surface area contributed by atoms with Crippen molar-refractivity contribution in [1.29, 1.82) is 0 Å². The van der Waals surface area contributed by atoms with Gasteiger partial charge in [-0.25, -0.2) is 13.6 Å². The lowest BCUT2D eigenvalue weighted by atomic mass is 10.1. The molecule has 146 valence electrons. The van der Waals surface area contributed by atoms with Gasteiger partial charge in [0.1, 0.15) is 11.8 Å². The Morgan fingerprint density at radius 2 is 1.82 bits per heavy atom. The van der Waals surface area contributed by atoms with Crippen LogP contribution in [-0.4, -0.2) is 19.5 Å². The van der Waals surface area contributed by atoms with Crippen LogP contribution in [0.15, 0.2) is 70.1 Å². The smallest absolute Gasteiger partial charge is 0.247 e. The Kier molecular flexibility index (Phi) is 5.88.